The van der Waals surface area contributed by atoms with E-state index in [1.165, 1.54) is 36.5 Å². The Bertz CT molecular complexity index is 262. The standard InChI is InChI=1S/C14H26I2O2/c1-2-3-12-4-5-13(16-12)14(9-15-10-18)8-11(14)6-7-17/h11-13,17-18H,2-10H2,1H3/q-2/p+1/t11-,12?,13?,14?/m1/s1. The van der Waals surface area contributed by atoms with Gasteiger partial charge in [-0.15, -0.1) is 0 Å². The van der Waals surface area contributed by atoms with Gasteiger partial charge in [0.15, 0.2) is 0 Å². The van der Waals surface area contributed by atoms with E-state index in [1.807, 2.05) is 0 Å². The van der Waals surface area contributed by atoms with E-state index >= 15 is 0 Å². The SMILES string of the molecule is CCCC1CCC(C2(C[I-]C[OH2+])C[C@H]2CCO)[I-]1. The summed E-state index contributed by atoms with van der Waals surface area (Å²) in [6.45, 7) is 2.71. The number of halogens is 2. The van der Waals surface area contributed by atoms with Gasteiger partial charge in [-0.25, -0.2) is 0 Å². The second-order valence-electron chi connectivity index (χ2n) is 5.66. The van der Waals surface area contributed by atoms with Gasteiger partial charge in [0.1, 0.15) is 0 Å². The molecule has 2 aliphatic rings. The molecule has 0 aromatic heterocycles. The fourth-order valence-corrected chi connectivity index (χ4v) is 12.3. The van der Waals surface area contributed by atoms with Crippen molar-refractivity contribution >= 4 is 0 Å². The van der Waals surface area contributed by atoms with E-state index in [4.69, 9.17) is 5.11 Å². The van der Waals surface area contributed by atoms with Gasteiger partial charge in [0.25, 0.3) is 0 Å². The molecular weight excluding hydrogens is 454 g/mol. The minimum absolute atomic E-state index is 0.124. The third-order valence-electron chi connectivity index (χ3n) is 4.48. The first-order chi connectivity index (χ1) is 8.76. The molecule has 3 unspecified atom stereocenters. The van der Waals surface area contributed by atoms with Crippen LogP contribution in [0.25, 0.3) is 0 Å². The molecule has 3 N–H and O–H groups in total. The molecule has 110 valence electrons. The summed E-state index contributed by atoms with van der Waals surface area (Å²) in [5, 5.41) is 16.7. The summed E-state index contributed by atoms with van der Waals surface area (Å²) in [4.78, 5) is 0. The third-order valence-corrected chi connectivity index (χ3v) is 12.0. The zero-order valence-electron chi connectivity index (χ0n) is 11.3. The average molecular weight is 481 g/mol. The number of aliphatic hydroxyl groups is 1. The van der Waals surface area contributed by atoms with Gasteiger partial charge in [-0.3, -0.25) is 0 Å². The van der Waals surface area contributed by atoms with Gasteiger partial charge in [-0.1, -0.05) is 0 Å². The normalized spacial score (nSPS) is 39.8. The van der Waals surface area contributed by atoms with E-state index in [2.05, 4.69) is 6.92 Å². The molecule has 1 aliphatic carbocycles. The Labute approximate surface area is 132 Å². The van der Waals surface area contributed by atoms with E-state index < -0.39 is 0 Å². The molecule has 0 aromatic carbocycles. The predicted molar refractivity (Wildman–Crippen MR) is 67.3 cm³/mol. The van der Waals surface area contributed by atoms with Crippen LogP contribution < -0.4 is 42.4 Å². The molecule has 2 nitrogen and oxygen atoms in total. The van der Waals surface area contributed by atoms with E-state index in [0.29, 0.717) is 37.8 Å². The second-order valence-corrected chi connectivity index (χ2v) is 12.2. The van der Waals surface area contributed by atoms with Gasteiger partial charge in [0, 0.05) is 0 Å². The summed E-state index contributed by atoms with van der Waals surface area (Å²) < 4.78 is 4.25. The van der Waals surface area contributed by atoms with Crippen molar-refractivity contribution in [2.75, 3.05) is 15.6 Å². The predicted octanol–water partition coefficient (Wildman–Crippen LogP) is -4.43. The number of hydrogen-bond acceptors (Lipinski definition) is 1. The van der Waals surface area contributed by atoms with Gasteiger partial charge in [0.05, 0.1) is 0 Å². The number of alkyl halides is 4. The van der Waals surface area contributed by atoms with E-state index in [9.17, 15) is 5.11 Å². The van der Waals surface area contributed by atoms with Crippen molar-refractivity contribution < 1.29 is 52.6 Å². The second kappa shape index (κ2) is 7.41. The van der Waals surface area contributed by atoms with Crippen LogP contribution in [0.2, 0.25) is 0 Å². The molecule has 0 bridgehead atoms. The number of rotatable bonds is 8. The van der Waals surface area contributed by atoms with Crippen LogP contribution in [0, 0.1) is 11.3 Å². The zero-order valence-corrected chi connectivity index (χ0v) is 15.6. The Morgan fingerprint density at radius 3 is 2.89 bits per heavy atom. The first-order valence-corrected chi connectivity index (χ1v) is 12.7. The Hall–Kier alpha value is 1.38. The Morgan fingerprint density at radius 2 is 2.22 bits per heavy atom. The van der Waals surface area contributed by atoms with Crippen molar-refractivity contribution in [2.24, 2.45) is 11.3 Å². The summed E-state index contributed by atoms with van der Waals surface area (Å²) in [6, 6.07) is 0. The van der Waals surface area contributed by atoms with Crippen LogP contribution in [0.1, 0.15) is 45.4 Å². The molecule has 0 aromatic rings. The van der Waals surface area contributed by atoms with Crippen molar-refractivity contribution in [3.63, 3.8) is 0 Å². The van der Waals surface area contributed by atoms with Crippen LogP contribution in [0.5, 0.6) is 0 Å². The van der Waals surface area contributed by atoms with Crippen molar-refractivity contribution in [3.8, 4) is 0 Å². The fourth-order valence-electron chi connectivity index (χ4n) is 3.40. The monoisotopic (exact) mass is 481 g/mol. The van der Waals surface area contributed by atoms with Crippen molar-refractivity contribution in [1.82, 2.24) is 0 Å². The zero-order chi connectivity index (χ0) is 13.0. The molecule has 4 heteroatoms. The van der Waals surface area contributed by atoms with Gasteiger partial charge in [-0.2, -0.15) is 0 Å². The number of hydrogen-bond donors (Lipinski definition) is 1. The topological polar surface area (TPSA) is 43.1 Å². The fraction of sp³-hybridized carbons (Fsp3) is 1.00. The average Bonchev–Trinajstić information content (AvgIpc) is 2.84. The van der Waals surface area contributed by atoms with Crippen LogP contribution in [0.4, 0.5) is 0 Å². The van der Waals surface area contributed by atoms with Gasteiger partial charge >= 0.3 is 133 Å². The summed E-state index contributed by atoms with van der Waals surface area (Å²) in [7, 11) is 0. The molecule has 0 radical (unpaired) electrons. The van der Waals surface area contributed by atoms with Crippen LogP contribution in [-0.2, 0) is 0 Å². The van der Waals surface area contributed by atoms with Crippen molar-refractivity contribution in [1.29, 1.82) is 0 Å². The molecule has 18 heavy (non-hydrogen) atoms. The number of aliphatic hydroxyl groups excluding tert-OH is 1. The third kappa shape index (κ3) is 3.52. The molecule has 1 aliphatic heterocycles. The first-order valence-electron chi connectivity index (χ1n) is 7.17. The summed E-state index contributed by atoms with van der Waals surface area (Å²) in [5.41, 5.74) is 0.646. The molecule has 2 fully saturated rings. The van der Waals surface area contributed by atoms with Crippen LogP contribution in [-0.4, -0.2) is 33.7 Å². The van der Waals surface area contributed by atoms with Crippen molar-refractivity contribution in [3.05, 3.63) is 0 Å². The van der Waals surface area contributed by atoms with Crippen LogP contribution >= 0.6 is 0 Å². The molecule has 2 rings (SSSR count). The quantitative estimate of drug-likeness (QED) is 0.213. The van der Waals surface area contributed by atoms with Crippen LogP contribution in [0.15, 0.2) is 0 Å². The van der Waals surface area contributed by atoms with Gasteiger partial charge in [-0.05, 0) is 0 Å². The Kier molecular flexibility index (Phi) is 6.49. The molecular formula is C14H27I2O2-. The molecule has 1 saturated heterocycles. The molecule has 0 spiro atoms. The summed E-state index contributed by atoms with van der Waals surface area (Å²) in [6.07, 6.45) is 8.26. The summed E-state index contributed by atoms with van der Waals surface area (Å²) in [5.74, 6) is 0.832. The van der Waals surface area contributed by atoms with E-state index in [1.54, 1.807) is 0 Å². The maximum absolute atomic E-state index is 9.19. The van der Waals surface area contributed by atoms with Crippen molar-refractivity contribution in [2.45, 2.75) is 53.3 Å². The molecule has 1 saturated carbocycles. The first kappa shape index (κ1) is 15.8. The maximum atomic E-state index is 9.19. The Morgan fingerprint density at radius 1 is 1.39 bits per heavy atom. The Balaban J connectivity index is 1.90. The van der Waals surface area contributed by atoms with Crippen LogP contribution in [0.3, 0.4) is 0 Å². The molecule has 0 amide bonds. The van der Waals surface area contributed by atoms with E-state index in [0.717, 1.165) is 20.2 Å². The minimum atomic E-state index is 0.124. The van der Waals surface area contributed by atoms with Gasteiger partial charge in [0.2, 0.25) is 0 Å². The molecule has 1 heterocycles. The van der Waals surface area contributed by atoms with Gasteiger partial charge < -0.3 is 0 Å². The molecule has 4 atom stereocenters. The van der Waals surface area contributed by atoms with E-state index in [-0.39, 0.29) is 21.2 Å². The summed E-state index contributed by atoms with van der Waals surface area (Å²) >= 11 is 0.519.